The second-order valence-electron chi connectivity index (χ2n) is 5.56. The molecule has 0 radical (unpaired) electrons. The van der Waals surface area contributed by atoms with E-state index in [9.17, 15) is 4.79 Å². The molecule has 0 spiro atoms. The van der Waals surface area contributed by atoms with E-state index in [2.05, 4.69) is 24.1 Å². The van der Waals surface area contributed by atoms with Gasteiger partial charge in [0, 0.05) is 13.1 Å². The molecule has 1 aliphatic heterocycles. The van der Waals surface area contributed by atoms with Crippen molar-refractivity contribution in [3.05, 3.63) is 0 Å². The maximum atomic E-state index is 12.0. The highest BCUT2D eigenvalue weighted by Crippen LogP contribution is 2.12. The van der Waals surface area contributed by atoms with Gasteiger partial charge in [0.15, 0.2) is 0 Å². The Kier molecular flexibility index (Phi) is 6.60. The van der Waals surface area contributed by atoms with E-state index in [1.165, 1.54) is 0 Å². The smallest absolute Gasteiger partial charge is 0.240 e. The van der Waals surface area contributed by atoms with Gasteiger partial charge in [-0.2, -0.15) is 0 Å². The van der Waals surface area contributed by atoms with Gasteiger partial charge in [0.1, 0.15) is 0 Å². The fourth-order valence-electron chi connectivity index (χ4n) is 1.97. The van der Waals surface area contributed by atoms with Crippen LogP contribution in [0, 0.1) is 5.92 Å². The molecule has 1 unspecified atom stereocenters. The molecular formula is C13H27N3O2. The molecule has 0 saturated carbocycles. The summed E-state index contributed by atoms with van der Waals surface area (Å²) in [5.74, 6) is 0.766. The first kappa shape index (κ1) is 15.4. The van der Waals surface area contributed by atoms with Crippen molar-refractivity contribution in [3.63, 3.8) is 0 Å². The highest BCUT2D eigenvalue weighted by atomic mass is 16.5. The van der Waals surface area contributed by atoms with Crippen LogP contribution in [-0.4, -0.2) is 68.8 Å². The van der Waals surface area contributed by atoms with Crippen molar-refractivity contribution in [1.29, 1.82) is 0 Å². The van der Waals surface area contributed by atoms with Crippen molar-refractivity contribution in [2.45, 2.75) is 26.3 Å². The third kappa shape index (κ3) is 5.33. The number of carbonyl (C=O) groups is 1. The molecular weight excluding hydrogens is 230 g/mol. The molecule has 5 heteroatoms. The molecule has 0 bridgehead atoms. The SMILES string of the molecule is CC(C)CC1NCN(CCOCCN(C)C)C1=O. The number of rotatable bonds is 8. The van der Waals surface area contributed by atoms with Crippen molar-refractivity contribution in [3.8, 4) is 0 Å². The maximum Gasteiger partial charge on any atom is 0.240 e. The van der Waals surface area contributed by atoms with Crippen LogP contribution in [0.4, 0.5) is 0 Å². The van der Waals surface area contributed by atoms with Gasteiger partial charge in [-0.1, -0.05) is 13.8 Å². The summed E-state index contributed by atoms with van der Waals surface area (Å²) in [4.78, 5) is 15.9. The molecule has 1 fully saturated rings. The number of likely N-dealkylation sites (N-methyl/N-ethyl adjacent to an activating group) is 1. The van der Waals surface area contributed by atoms with Gasteiger partial charge in [-0.05, 0) is 26.4 Å². The molecule has 0 aromatic heterocycles. The Bertz CT molecular complexity index is 257. The van der Waals surface area contributed by atoms with Gasteiger partial charge in [-0.3, -0.25) is 10.1 Å². The van der Waals surface area contributed by atoms with E-state index in [4.69, 9.17) is 4.74 Å². The minimum absolute atomic E-state index is 0.00627. The van der Waals surface area contributed by atoms with E-state index in [0.29, 0.717) is 25.7 Å². The number of hydrogen-bond acceptors (Lipinski definition) is 4. The van der Waals surface area contributed by atoms with Crippen molar-refractivity contribution in [2.75, 3.05) is 47.1 Å². The highest BCUT2D eigenvalue weighted by Gasteiger charge is 2.30. The quantitative estimate of drug-likeness (QED) is 0.638. The molecule has 5 nitrogen and oxygen atoms in total. The van der Waals surface area contributed by atoms with E-state index < -0.39 is 0 Å². The molecule has 1 N–H and O–H groups in total. The number of nitrogens with one attached hydrogen (secondary N) is 1. The largest absolute Gasteiger partial charge is 0.378 e. The maximum absolute atomic E-state index is 12.0. The second-order valence-corrected chi connectivity index (χ2v) is 5.56. The first-order valence-corrected chi connectivity index (χ1v) is 6.75. The molecule has 18 heavy (non-hydrogen) atoms. The Morgan fingerprint density at radius 1 is 1.44 bits per heavy atom. The summed E-state index contributed by atoms with van der Waals surface area (Å²) >= 11 is 0. The number of ether oxygens (including phenoxy) is 1. The van der Waals surface area contributed by atoms with Crippen molar-refractivity contribution >= 4 is 5.91 Å². The first-order chi connectivity index (χ1) is 8.50. The fourth-order valence-corrected chi connectivity index (χ4v) is 1.97. The summed E-state index contributed by atoms with van der Waals surface area (Å²) in [6.45, 7) is 7.89. The fraction of sp³-hybridized carbons (Fsp3) is 0.923. The Balaban J connectivity index is 2.14. The number of carbonyl (C=O) groups excluding carboxylic acids is 1. The van der Waals surface area contributed by atoms with Crippen LogP contribution in [0.25, 0.3) is 0 Å². The minimum Gasteiger partial charge on any atom is -0.378 e. The number of nitrogens with zero attached hydrogens (tertiary/aromatic N) is 2. The number of amides is 1. The normalized spacial score (nSPS) is 20.4. The van der Waals surface area contributed by atoms with Crippen LogP contribution >= 0.6 is 0 Å². The molecule has 1 aliphatic rings. The van der Waals surface area contributed by atoms with Crippen LogP contribution in [0.2, 0.25) is 0 Å². The van der Waals surface area contributed by atoms with Gasteiger partial charge in [-0.15, -0.1) is 0 Å². The highest BCUT2D eigenvalue weighted by molar-refractivity contribution is 5.83. The van der Waals surface area contributed by atoms with E-state index in [-0.39, 0.29) is 11.9 Å². The molecule has 1 atom stereocenters. The van der Waals surface area contributed by atoms with E-state index in [1.807, 2.05) is 19.0 Å². The lowest BCUT2D eigenvalue weighted by atomic mass is 10.0. The third-order valence-electron chi connectivity index (χ3n) is 3.03. The predicted octanol–water partition coefficient (Wildman–Crippen LogP) is 0.369. The molecule has 1 amide bonds. The topological polar surface area (TPSA) is 44.8 Å². The third-order valence-corrected chi connectivity index (χ3v) is 3.03. The number of hydrogen-bond donors (Lipinski definition) is 1. The Hall–Kier alpha value is -0.650. The molecule has 1 saturated heterocycles. The van der Waals surface area contributed by atoms with Gasteiger partial charge < -0.3 is 14.5 Å². The van der Waals surface area contributed by atoms with Crippen LogP contribution in [0.1, 0.15) is 20.3 Å². The average molecular weight is 257 g/mol. The molecule has 0 aromatic rings. The lowest BCUT2D eigenvalue weighted by Gasteiger charge is -2.16. The van der Waals surface area contributed by atoms with Crippen LogP contribution < -0.4 is 5.32 Å². The summed E-state index contributed by atoms with van der Waals surface area (Å²) in [5, 5.41) is 3.26. The summed E-state index contributed by atoms with van der Waals surface area (Å²) in [5.41, 5.74) is 0. The standard InChI is InChI=1S/C13H27N3O2/c1-11(2)9-12-13(17)16(10-14-12)6-8-18-7-5-15(3)4/h11-12,14H,5-10H2,1-4H3. The Labute approximate surface area is 110 Å². The zero-order chi connectivity index (χ0) is 13.5. The summed E-state index contributed by atoms with van der Waals surface area (Å²) < 4.78 is 5.51. The van der Waals surface area contributed by atoms with Crippen LogP contribution in [-0.2, 0) is 9.53 Å². The molecule has 106 valence electrons. The summed E-state index contributed by atoms with van der Waals surface area (Å²) in [6.07, 6.45) is 0.914. The van der Waals surface area contributed by atoms with Crippen molar-refractivity contribution in [2.24, 2.45) is 5.92 Å². The predicted molar refractivity (Wildman–Crippen MR) is 72.3 cm³/mol. The summed E-state index contributed by atoms with van der Waals surface area (Å²) in [6, 6.07) is 0.00627. The van der Waals surface area contributed by atoms with Crippen LogP contribution in [0.15, 0.2) is 0 Å². The minimum atomic E-state index is 0.00627. The van der Waals surface area contributed by atoms with Gasteiger partial charge >= 0.3 is 0 Å². The lowest BCUT2D eigenvalue weighted by molar-refractivity contribution is -0.129. The summed E-state index contributed by atoms with van der Waals surface area (Å²) in [7, 11) is 4.04. The van der Waals surface area contributed by atoms with E-state index >= 15 is 0 Å². The van der Waals surface area contributed by atoms with Gasteiger partial charge in [-0.25, -0.2) is 0 Å². The monoisotopic (exact) mass is 257 g/mol. The van der Waals surface area contributed by atoms with Gasteiger partial charge in [0.05, 0.1) is 25.9 Å². The van der Waals surface area contributed by atoms with Crippen LogP contribution in [0.3, 0.4) is 0 Å². The van der Waals surface area contributed by atoms with Crippen LogP contribution in [0.5, 0.6) is 0 Å². The molecule has 1 rings (SSSR count). The molecule has 1 heterocycles. The molecule has 0 aliphatic carbocycles. The zero-order valence-electron chi connectivity index (χ0n) is 12.1. The Morgan fingerprint density at radius 2 is 2.17 bits per heavy atom. The first-order valence-electron chi connectivity index (χ1n) is 6.75. The second kappa shape index (κ2) is 7.71. The average Bonchev–Trinajstić information content (AvgIpc) is 2.60. The van der Waals surface area contributed by atoms with Gasteiger partial charge in [0.2, 0.25) is 5.91 Å². The van der Waals surface area contributed by atoms with E-state index in [0.717, 1.165) is 19.6 Å². The van der Waals surface area contributed by atoms with Crippen molar-refractivity contribution < 1.29 is 9.53 Å². The zero-order valence-corrected chi connectivity index (χ0v) is 12.1. The van der Waals surface area contributed by atoms with Gasteiger partial charge in [0.25, 0.3) is 0 Å². The molecule has 0 aromatic carbocycles. The Morgan fingerprint density at radius 3 is 2.78 bits per heavy atom. The van der Waals surface area contributed by atoms with Crippen molar-refractivity contribution in [1.82, 2.24) is 15.1 Å². The lowest BCUT2D eigenvalue weighted by Crippen LogP contribution is -2.33. The van der Waals surface area contributed by atoms with E-state index in [1.54, 1.807) is 0 Å².